The number of esters is 1. The van der Waals surface area contributed by atoms with E-state index in [1.807, 2.05) is 24.4 Å². The number of hydrogen-bond donors (Lipinski definition) is 0. The highest BCUT2D eigenvalue weighted by Crippen LogP contribution is 2.40. The lowest BCUT2D eigenvalue weighted by Crippen LogP contribution is -2.11. The van der Waals surface area contributed by atoms with E-state index in [-0.39, 0.29) is 11.5 Å². The van der Waals surface area contributed by atoms with Crippen molar-refractivity contribution in [1.29, 1.82) is 0 Å². The number of Topliss-reactive ketones (excluding diaryl/α,β-unsaturated/α-hetero) is 1. The number of ether oxygens (including phenoxy) is 4. The minimum atomic E-state index is -0.558. The normalized spacial score (nSPS) is 13.6. The molecule has 0 radical (unpaired) electrons. The van der Waals surface area contributed by atoms with Crippen molar-refractivity contribution in [2.24, 2.45) is 0 Å². The first-order chi connectivity index (χ1) is 17.4. The average Bonchev–Trinajstić information content (AvgIpc) is 3.42. The Bertz CT molecular complexity index is 1550. The lowest BCUT2D eigenvalue weighted by molar-refractivity contribution is 0.0729. The Balaban J connectivity index is 1.48. The van der Waals surface area contributed by atoms with Gasteiger partial charge in [0.2, 0.25) is 5.78 Å². The van der Waals surface area contributed by atoms with Gasteiger partial charge in [-0.05, 0) is 62.4 Å². The van der Waals surface area contributed by atoms with Gasteiger partial charge >= 0.3 is 5.97 Å². The zero-order valence-corrected chi connectivity index (χ0v) is 20.5. The van der Waals surface area contributed by atoms with Gasteiger partial charge in [-0.3, -0.25) is 4.79 Å². The molecule has 0 saturated carbocycles. The van der Waals surface area contributed by atoms with Crippen LogP contribution in [-0.4, -0.2) is 30.5 Å². The number of carbonyl (C=O) groups is 2. The van der Waals surface area contributed by atoms with Crippen molar-refractivity contribution in [3.63, 3.8) is 0 Å². The van der Waals surface area contributed by atoms with Gasteiger partial charge < -0.3 is 23.5 Å². The first-order valence-corrected chi connectivity index (χ1v) is 11.5. The third kappa shape index (κ3) is 3.88. The number of aromatic nitrogens is 1. The second kappa shape index (κ2) is 9.26. The molecule has 182 valence electrons. The number of fused-ring (bicyclic) bond motifs is 2. The third-order valence-corrected chi connectivity index (χ3v) is 6.31. The number of allylic oxidation sites excluding steroid dienone is 1. The molecule has 7 heteroatoms. The Morgan fingerprint density at radius 1 is 1.03 bits per heavy atom. The van der Waals surface area contributed by atoms with Gasteiger partial charge in [-0.25, -0.2) is 4.79 Å². The SMILES string of the molecule is CCn1cc(C=C2Oc3c(ccc(OC(=O)c4ccccc4OC)c3C)C2=O)c2cc(OC)ccc21. The van der Waals surface area contributed by atoms with Crippen molar-refractivity contribution in [2.45, 2.75) is 20.4 Å². The number of aryl methyl sites for hydroxylation is 1. The van der Waals surface area contributed by atoms with E-state index in [0.717, 1.165) is 28.8 Å². The lowest BCUT2D eigenvalue weighted by Gasteiger charge is -2.11. The number of methoxy groups -OCH3 is 2. The molecule has 0 bridgehead atoms. The Labute approximate surface area is 208 Å². The largest absolute Gasteiger partial charge is 0.497 e. The average molecular weight is 484 g/mol. The van der Waals surface area contributed by atoms with Crippen LogP contribution in [0.25, 0.3) is 17.0 Å². The molecule has 0 saturated heterocycles. The van der Waals surface area contributed by atoms with Gasteiger partial charge in [-0.2, -0.15) is 0 Å². The number of nitrogens with zero attached hydrogens (tertiary/aromatic N) is 1. The molecule has 0 unspecified atom stereocenters. The van der Waals surface area contributed by atoms with Crippen molar-refractivity contribution >= 4 is 28.7 Å². The highest BCUT2D eigenvalue weighted by molar-refractivity contribution is 6.15. The van der Waals surface area contributed by atoms with E-state index in [4.69, 9.17) is 18.9 Å². The van der Waals surface area contributed by atoms with E-state index in [9.17, 15) is 9.59 Å². The second-order valence-electron chi connectivity index (χ2n) is 8.35. The topological polar surface area (TPSA) is 76.0 Å². The van der Waals surface area contributed by atoms with Gasteiger partial charge in [0.1, 0.15) is 28.6 Å². The quantitative estimate of drug-likeness (QED) is 0.195. The molecule has 1 aliphatic rings. The molecule has 0 fully saturated rings. The zero-order valence-electron chi connectivity index (χ0n) is 20.5. The summed E-state index contributed by atoms with van der Waals surface area (Å²) in [7, 11) is 3.12. The Kier molecular flexibility index (Phi) is 5.98. The van der Waals surface area contributed by atoms with Crippen LogP contribution in [0, 0.1) is 6.92 Å². The maximum atomic E-state index is 13.2. The van der Waals surface area contributed by atoms with Gasteiger partial charge in [0.25, 0.3) is 0 Å². The second-order valence-corrected chi connectivity index (χ2v) is 8.35. The first-order valence-electron chi connectivity index (χ1n) is 11.5. The smallest absolute Gasteiger partial charge is 0.347 e. The predicted octanol–water partition coefficient (Wildman–Crippen LogP) is 5.82. The maximum absolute atomic E-state index is 13.2. The number of para-hydroxylation sites is 1. The molecular formula is C29H25NO6. The number of hydrogen-bond acceptors (Lipinski definition) is 6. The monoisotopic (exact) mass is 483 g/mol. The summed E-state index contributed by atoms with van der Waals surface area (Å²) in [6.07, 6.45) is 3.74. The summed E-state index contributed by atoms with van der Waals surface area (Å²) in [5, 5.41) is 0.958. The number of ketones is 1. The molecular weight excluding hydrogens is 458 g/mol. The molecule has 3 aromatic carbocycles. The van der Waals surface area contributed by atoms with Crippen LogP contribution in [0.5, 0.6) is 23.0 Å². The van der Waals surface area contributed by atoms with E-state index in [0.29, 0.717) is 33.9 Å². The van der Waals surface area contributed by atoms with Crippen molar-refractivity contribution < 1.29 is 28.5 Å². The fraction of sp³-hybridized carbons (Fsp3) is 0.172. The molecule has 0 aliphatic carbocycles. The number of carbonyl (C=O) groups excluding carboxylic acids is 2. The fourth-order valence-electron chi connectivity index (χ4n) is 4.40. The fourth-order valence-corrected chi connectivity index (χ4v) is 4.40. The molecule has 0 amide bonds. The van der Waals surface area contributed by atoms with Crippen LogP contribution in [0.2, 0.25) is 0 Å². The van der Waals surface area contributed by atoms with E-state index in [1.165, 1.54) is 7.11 Å². The van der Waals surface area contributed by atoms with Crippen molar-refractivity contribution in [3.05, 3.63) is 88.8 Å². The standard InChI is InChI=1S/C29H25NO6/c1-5-30-16-18(22-15-19(33-3)10-12-23(22)30)14-26-27(31)21-11-13-24(17(2)28(21)35-26)36-29(32)20-8-6-7-9-25(20)34-4/h6-16H,5H2,1-4H3. The zero-order chi connectivity index (χ0) is 25.4. The Hall–Kier alpha value is -4.52. The van der Waals surface area contributed by atoms with Gasteiger partial charge in [0.15, 0.2) is 5.76 Å². The Morgan fingerprint density at radius 3 is 2.58 bits per heavy atom. The minimum Gasteiger partial charge on any atom is -0.497 e. The van der Waals surface area contributed by atoms with Crippen LogP contribution in [0.3, 0.4) is 0 Å². The van der Waals surface area contributed by atoms with Crippen LogP contribution >= 0.6 is 0 Å². The van der Waals surface area contributed by atoms with E-state index in [1.54, 1.807) is 56.5 Å². The third-order valence-electron chi connectivity index (χ3n) is 6.31. The van der Waals surface area contributed by atoms with Gasteiger partial charge in [0.05, 0.1) is 19.8 Å². The summed E-state index contributed by atoms with van der Waals surface area (Å²) in [4.78, 5) is 26.0. The summed E-state index contributed by atoms with van der Waals surface area (Å²) in [5.41, 5.74) is 3.18. The summed E-state index contributed by atoms with van der Waals surface area (Å²) >= 11 is 0. The molecule has 0 atom stereocenters. The summed E-state index contributed by atoms with van der Waals surface area (Å²) in [6, 6.07) is 15.9. The maximum Gasteiger partial charge on any atom is 0.347 e. The summed E-state index contributed by atoms with van der Waals surface area (Å²) in [6.45, 7) is 4.60. The molecule has 36 heavy (non-hydrogen) atoms. The Morgan fingerprint density at radius 2 is 1.83 bits per heavy atom. The number of rotatable bonds is 6. The van der Waals surface area contributed by atoms with E-state index in [2.05, 4.69) is 11.5 Å². The molecule has 1 aromatic heterocycles. The lowest BCUT2D eigenvalue weighted by atomic mass is 10.1. The molecule has 7 nitrogen and oxygen atoms in total. The van der Waals surface area contributed by atoms with Crippen LogP contribution in [0.1, 0.15) is 38.8 Å². The van der Waals surface area contributed by atoms with Gasteiger partial charge in [0, 0.05) is 34.8 Å². The van der Waals surface area contributed by atoms with Crippen LogP contribution in [-0.2, 0) is 6.54 Å². The summed E-state index contributed by atoms with van der Waals surface area (Å²) in [5.74, 6) is 1.27. The highest BCUT2D eigenvalue weighted by atomic mass is 16.5. The van der Waals surface area contributed by atoms with Crippen molar-refractivity contribution in [2.75, 3.05) is 14.2 Å². The highest BCUT2D eigenvalue weighted by Gasteiger charge is 2.31. The molecule has 0 spiro atoms. The molecule has 2 heterocycles. The van der Waals surface area contributed by atoms with Crippen molar-refractivity contribution in [3.8, 4) is 23.0 Å². The first kappa shape index (κ1) is 23.2. The van der Waals surface area contributed by atoms with Crippen molar-refractivity contribution in [1.82, 2.24) is 4.57 Å². The summed E-state index contributed by atoms with van der Waals surface area (Å²) < 4.78 is 24.4. The number of benzene rings is 3. The van der Waals surface area contributed by atoms with E-state index < -0.39 is 5.97 Å². The minimum absolute atomic E-state index is 0.208. The molecule has 1 aliphatic heterocycles. The predicted molar refractivity (Wildman–Crippen MR) is 136 cm³/mol. The van der Waals surface area contributed by atoms with E-state index >= 15 is 0 Å². The van der Waals surface area contributed by atoms with Gasteiger partial charge in [-0.15, -0.1) is 0 Å². The molecule has 4 aromatic rings. The van der Waals surface area contributed by atoms with Crippen LogP contribution < -0.4 is 18.9 Å². The molecule has 5 rings (SSSR count). The van der Waals surface area contributed by atoms with Crippen LogP contribution in [0.15, 0.2) is 66.6 Å². The van der Waals surface area contributed by atoms with Gasteiger partial charge in [-0.1, -0.05) is 12.1 Å². The molecule has 0 N–H and O–H groups in total. The van der Waals surface area contributed by atoms with Crippen LogP contribution in [0.4, 0.5) is 0 Å².